The van der Waals surface area contributed by atoms with Gasteiger partial charge in [-0.1, -0.05) is 6.92 Å². The summed E-state index contributed by atoms with van der Waals surface area (Å²) in [6.45, 7) is 2.62. The first-order valence-electron chi connectivity index (χ1n) is 6.26. The van der Waals surface area contributed by atoms with Gasteiger partial charge in [0, 0.05) is 24.4 Å². The van der Waals surface area contributed by atoms with Crippen LogP contribution in [0.3, 0.4) is 0 Å². The highest BCUT2D eigenvalue weighted by atomic mass is 32.1. The van der Waals surface area contributed by atoms with E-state index in [1.807, 2.05) is 0 Å². The predicted molar refractivity (Wildman–Crippen MR) is 71.5 cm³/mol. The number of carboxylic acids is 1. The summed E-state index contributed by atoms with van der Waals surface area (Å²) in [5, 5.41) is 16.6. The Hall–Kier alpha value is -1.63. The molecule has 1 heterocycles. The van der Waals surface area contributed by atoms with Crippen molar-refractivity contribution in [3.8, 4) is 0 Å². The number of hydrogen-bond donors (Lipinski definition) is 3. The summed E-state index contributed by atoms with van der Waals surface area (Å²) in [4.78, 5) is 26.1. The normalized spacial score (nSPS) is 21.5. The Bertz CT molecular complexity index is 469. The maximum atomic E-state index is 11.5. The Morgan fingerprint density at radius 1 is 1.53 bits per heavy atom. The van der Waals surface area contributed by atoms with Crippen molar-refractivity contribution in [3.05, 3.63) is 16.1 Å². The van der Waals surface area contributed by atoms with Crippen molar-refractivity contribution in [3.63, 3.8) is 0 Å². The molecule has 0 bridgehead atoms. The second kappa shape index (κ2) is 6.01. The second-order valence-corrected chi connectivity index (χ2v) is 5.80. The third kappa shape index (κ3) is 3.92. The smallest absolute Gasteiger partial charge is 0.355 e. The maximum absolute atomic E-state index is 11.5. The number of urea groups is 1. The van der Waals surface area contributed by atoms with Crippen molar-refractivity contribution < 1.29 is 14.7 Å². The van der Waals surface area contributed by atoms with Crippen LogP contribution in [0.1, 0.15) is 35.3 Å². The highest BCUT2D eigenvalue weighted by molar-refractivity contribution is 7.09. The first-order chi connectivity index (χ1) is 9.04. The van der Waals surface area contributed by atoms with Gasteiger partial charge in [0.25, 0.3) is 0 Å². The van der Waals surface area contributed by atoms with Crippen molar-refractivity contribution in [2.24, 2.45) is 5.92 Å². The minimum Gasteiger partial charge on any atom is -0.476 e. The number of aromatic carboxylic acids is 1. The Labute approximate surface area is 115 Å². The quantitative estimate of drug-likeness (QED) is 0.763. The Balaban J connectivity index is 1.65. The third-order valence-corrected chi connectivity index (χ3v) is 4.01. The molecule has 1 saturated carbocycles. The molecule has 0 aliphatic heterocycles. The minimum absolute atomic E-state index is 0.0629. The Morgan fingerprint density at radius 2 is 2.26 bits per heavy atom. The number of amides is 2. The molecule has 3 N–H and O–H groups in total. The topological polar surface area (TPSA) is 91.3 Å². The van der Waals surface area contributed by atoms with Gasteiger partial charge in [0.2, 0.25) is 0 Å². The predicted octanol–water partition coefficient (Wildman–Crippen LogP) is 1.48. The third-order valence-electron chi connectivity index (χ3n) is 3.10. The molecule has 1 aromatic heterocycles. The van der Waals surface area contributed by atoms with Gasteiger partial charge in [0.1, 0.15) is 0 Å². The van der Waals surface area contributed by atoms with Gasteiger partial charge < -0.3 is 15.7 Å². The SMILES string of the molecule is CC1CC(NC(=O)NCCc2nc(C(=O)O)cs2)C1. The van der Waals surface area contributed by atoms with Gasteiger partial charge in [0.05, 0.1) is 5.01 Å². The van der Waals surface area contributed by atoms with E-state index < -0.39 is 5.97 Å². The molecule has 6 nitrogen and oxygen atoms in total. The first kappa shape index (κ1) is 13.8. The largest absolute Gasteiger partial charge is 0.476 e. The number of carboxylic acid groups (broad SMARTS) is 1. The lowest BCUT2D eigenvalue weighted by molar-refractivity contribution is 0.0691. The molecular weight excluding hydrogens is 266 g/mol. The molecule has 0 spiro atoms. The molecular formula is C12H17N3O3S. The summed E-state index contributed by atoms with van der Waals surface area (Å²) < 4.78 is 0. The van der Waals surface area contributed by atoms with Crippen LogP contribution >= 0.6 is 11.3 Å². The standard InChI is InChI=1S/C12H17N3O3S/c1-7-4-8(5-7)14-12(18)13-3-2-10-15-9(6-19-10)11(16)17/h6-8H,2-5H2,1H3,(H,16,17)(H2,13,14,18). The Morgan fingerprint density at radius 3 is 2.84 bits per heavy atom. The van der Waals surface area contributed by atoms with Gasteiger partial charge in [-0.2, -0.15) is 0 Å². The molecule has 1 fully saturated rings. The summed E-state index contributed by atoms with van der Waals surface area (Å²) in [5.41, 5.74) is 0.0629. The van der Waals surface area contributed by atoms with Crippen LogP contribution in [-0.4, -0.2) is 34.7 Å². The van der Waals surface area contributed by atoms with E-state index in [9.17, 15) is 9.59 Å². The Kier molecular flexibility index (Phi) is 4.36. The van der Waals surface area contributed by atoms with E-state index in [2.05, 4.69) is 22.5 Å². The van der Waals surface area contributed by atoms with E-state index in [0.29, 0.717) is 24.9 Å². The number of carbonyl (C=O) groups is 2. The molecule has 19 heavy (non-hydrogen) atoms. The summed E-state index contributed by atoms with van der Waals surface area (Å²) >= 11 is 1.30. The molecule has 0 aromatic carbocycles. The molecule has 0 saturated heterocycles. The number of aromatic nitrogens is 1. The fourth-order valence-electron chi connectivity index (χ4n) is 2.06. The van der Waals surface area contributed by atoms with E-state index in [0.717, 1.165) is 17.8 Å². The highest BCUT2D eigenvalue weighted by Gasteiger charge is 2.26. The minimum atomic E-state index is -1.02. The van der Waals surface area contributed by atoms with E-state index in [4.69, 9.17) is 5.11 Å². The van der Waals surface area contributed by atoms with Crippen molar-refractivity contribution in [2.75, 3.05) is 6.54 Å². The van der Waals surface area contributed by atoms with E-state index >= 15 is 0 Å². The van der Waals surface area contributed by atoms with E-state index in [1.165, 1.54) is 16.7 Å². The molecule has 2 rings (SSSR count). The molecule has 1 aliphatic rings. The maximum Gasteiger partial charge on any atom is 0.355 e. The zero-order valence-electron chi connectivity index (χ0n) is 10.7. The summed E-state index contributed by atoms with van der Waals surface area (Å²) in [6.07, 6.45) is 2.64. The van der Waals surface area contributed by atoms with Crippen LogP contribution in [0.4, 0.5) is 4.79 Å². The van der Waals surface area contributed by atoms with Crippen LogP contribution < -0.4 is 10.6 Å². The first-order valence-corrected chi connectivity index (χ1v) is 7.14. The van der Waals surface area contributed by atoms with Gasteiger partial charge in [-0.05, 0) is 18.8 Å². The number of nitrogens with one attached hydrogen (secondary N) is 2. The van der Waals surface area contributed by atoms with Gasteiger partial charge >= 0.3 is 12.0 Å². The second-order valence-electron chi connectivity index (χ2n) is 4.86. The number of hydrogen-bond acceptors (Lipinski definition) is 4. The van der Waals surface area contributed by atoms with Crippen LogP contribution in [0.2, 0.25) is 0 Å². The zero-order valence-corrected chi connectivity index (χ0v) is 11.5. The summed E-state index contributed by atoms with van der Waals surface area (Å²) in [7, 11) is 0. The number of nitrogens with zero attached hydrogens (tertiary/aromatic N) is 1. The number of thiazole rings is 1. The van der Waals surface area contributed by atoms with Gasteiger partial charge in [0.15, 0.2) is 5.69 Å². The fourth-order valence-corrected chi connectivity index (χ4v) is 2.84. The summed E-state index contributed by atoms with van der Waals surface area (Å²) in [6, 6.07) is 0.139. The molecule has 0 unspecified atom stereocenters. The zero-order chi connectivity index (χ0) is 13.8. The molecule has 1 aliphatic carbocycles. The molecule has 0 radical (unpaired) electrons. The van der Waals surface area contributed by atoms with Crippen molar-refractivity contribution in [2.45, 2.75) is 32.2 Å². The monoisotopic (exact) mass is 283 g/mol. The number of carbonyl (C=O) groups excluding carboxylic acids is 1. The molecule has 0 atom stereocenters. The molecule has 2 amide bonds. The highest BCUT2D eigenvalue weighted by Crippen LogP contribution is 2.25. The molecule has 104 valence electrons. The van der Waals surface area contributed by atoms with Crippen LogP contribution in [0, 0.1) is 5.92 Å². The van der Waals surface area contributed by atoms with E-state index in [1.54, 1.807) is 0 Å². The molecule has 1 aromatic rings. The van der Waals surface area contributed by atoms with E-state index in [-0.39, 0.29) is 11.7 Å². The van der Waals surface area contributed by atoms with Crippen molar-refractivity contribution in [1.82, 2.24) is 15.6 Å². The van der Waals surface area contributed by atoms with Crippen LogP contribution in [0.25, 0.3) is 0 Å². The fraction of sp³-hybridized carbons (Fsp3) is 0.583. The van der Waals surface area contributed by atoms with Crippen LogP contribution in [-0.2, 0) is 6.42 Å². The lowest BCUT2D eigenvalue weighted by Gasteiger charge is -2.33. The van der Waals surface area contributed by atoms with Gasteiger partial charge in [-0.15, -0.1) is 11.3 Å². The van der Waals surface area contributed by atoms with Gasteiger partial charge in [-0.25, -0.2) is 14.6 Å². The van der Waals surface area contributed by atoms with Crippen LogP contribution in [0.5, 0.6) is 0 Å². The lowest BCUT2D eigenvalue weighted by Crippen LogP contribution is -2.48. The van der Waals surface area contributed by atoms with Gasteiger partial charge in [-0.3, -0.25) is 0 Å². The molecule has 7 heteroatoms. The average Bonchev–Trinajstić information content (AvgIpc) is 2.76. The lowest BCUT2D eigenvalue weighted by atomic mass is 9.82. The average molecular weight is 283 g/mol. The van der Waals surface area contributed by atoms with Crippen LogP contribution in [0.15, 0.2) is 5.38 Å². The summed E-state index contributed by atoms with van der Waals surface area (Å²) in [5.74, 6) is -0.317. The van der Waals surface area contributed by atoms with Crippen molar-refractivity contribution in [1.29, 1.82) is 0 Å². The van der Waals surface area contributed by atoms with Crippen molar-refractivity contribution >= 4 is 23.3 Å². The number of rotatable bonds is 5.